The molecule has 3 heteroatoms. The van der Waals surface area contributed by atoms with Crippen LogP contribution in [0.25, 0.3) is 0 Å². The summed E-state index contributed by atoms with van der Waals surface area (Å²) in [6.07, 6.45) is 3.65. The number of guanidine groups is 1. The van der Waals surface area contributed by atoms with Crippen LogP contribution in [-0.2, 0) is 6.42 Å². The zero-order valence-electron chi connectivity index (χ0n) is 12.6. The first-order chi connectivity index (χ1) is 9.83. The van der Waals surface area contributed by atoms with Crippen LogP contribution in [-0.4, -0.2) is 47.5 Å². The molecule has 1 saturated heterocycles. The van der Waals surface area contributed by atoms with Gasteiger partial charge in [-0.2, -0.15) is 0 Å². The predicted octanol–water partition coefficient (Wildman–Crippen LogP) is 2.77. The van der Waals surface area contributed by atoms with Gasteiger partial charge in [-0.3, -0.25) is 4.99 Å². The number of likely N-dealkylation sites (N-methyl/N-ethyl adjacent to an activating group) is 1. The van der Waals surface area contributed by atoms with Crippen molar-refractivity contribution in [3.8, 4) is 0 Å². The molecule has 1 fully saturated rings. The lowest BCUT2D eigenvalue weighted by atomic mass is 10.0. The van der Waals surface area contributed by atoms with Crippen LogP contribution in [0.1, 0.15) is 32.3 Å². The van der Waals surface area contributed by atoms with Crippen molar-refractivity contribution in [2.75, 3.05) is 19.6 Å². The summed E-state index contributed by atoms with van der Waals surface area (Å²) >= 11 is 0. The quantitative estimate of drug-likeness (QED) is 0.820. The van der Waals surface area contributed by atoms with Gasteiger partial charge in [0.15, 0.2) is 5.96 Å². The molecule has 0 bridgehead atoms. The molecule has 0 radical (unpaired) electrons. The molecule has 1 aromatic rings. The maximum atomic E-state index is 4.83. The third-order valence-electron chi connectivity index (χ3n) is 4.52. The van der Waals surface area contributed by atoms with E-state index in [0.717, 1.165) is 26.1 Å². The zero-order valence-corrected chi connectivity index (χ0v) is 12.6. The summed E-state index contributed by atoms with van der Waals surface area (Å²) in [5, 5.41) is 0. The van der Waals surface area contributed by atoms with Crippen molar-refractivity contribution in [2.24, 2.45) is 4.99 Å². The van der Waals surface area contributed by atoms with Gasteiger partial charge in [0.1, 0.15) is 0 Å². The number of fused-ring (bicyclic) bond motifs is 1. The van der Waals surface area contributed by atoms with Crippen molar-refractivity contribution in [2.45, 2.75) is 45.2 Å². The van der Waals surface area contributed by atoms with E-state index in [1.807, 2.05) is 0 Å². The highest BCUT2D eigenvalue weighted by atomic mass is 15.5. The Bertz CT molecular complexity index is 468. The maximum Gasteiger partial charge on any atom is 0.197 e. The lowest BCUT2D eigenvalue weighted by molar-refractivity contribution is 0.308. The number of nitrogens with zero attached hydrogens (tertiary/aromatic N) is 3. The molecule has 2 heterocycles. The van der Waals surface area contributed by atoms with Gasteiger partial charge in [-0.25, -0.2) is 0 Å². The monoisotopic (exact) mass is 271 g/mol. The van der Waals surface area contributed by atoms with Gasteiger partial charge in [-0.15, -0.1) is 0 Å². The van der Waals surface area contributed by atoms with E-state index in [-0.39, 0.29) is 0 Å². The molecule has 20 heavy (non-hydrogen) atoms. The van der Waals surface area contributed by atoms with Crippen molar-refractivity contribution < 1.29 is 0 Å². The summed E-state index contributed by atoms with van der Waals surface area (Å²) in [4.78, 5) is 9.89. The summed E-state index contributed by atoms with van der Waals surface area (Å²) in [6.45, 7) is 7.73. The summed E-state index contributed by atoms with van der Waals surface area (Å²) in [5.41, 5.74) is 1.43. The van der Waals surface area contributed by atoms with Crippen molar-refractivity contribution in [3.05, 3.63) is 35.9 Å². The molecule has 2 unspecified atom stereocenters. The molecule has 0 spiro atoms. The summed E-state index contributed by atoms with van der Waals surface area (Å²) in [7, 11) is 0. The first-order valence-electron chi connectivity index (χ1n) is 7.95. The number of aliphatic imine (C=N–C) groups is 1. The number of rotatable bonds is 5. The van der Waals surface area contributed by atoms with Gasteiger partial charge < -0.3 is 9.80 Å². The molecular weight excluding hydrogens is 246 g/mol. The lowest BCUT2D eigenvalue weighted by Gasteiger charge is -2.23. The van der Waals surface area contributed by atoms with Gasteiger partial charge in [-0.1, -0.05) is 43.7 Å². The Balaban J connectivity index is 1.70. The fourth-order valence-electron chi connectivity index (χ4n) is 3.56. The summed E-state index contributed by atoms with van der Waals surface area (Å²) < 4.78 is 0. The average Bonchev–Trinajstić information content (AvgIpc) is 3.00. The van der Waals surface area contributed by atoms with Crippen LogP contribution in [0.3, 0.4) is 0 Å². The molecule has 2 aliphatic rings. The average molecular weight is 271 g/mol. The fourth-order valence-corrected chi connectivity index (χ4v) is 3.56. The Morgan fingerprint density at radius 3 is 2.65 bits per heavy atom. The summed E-state index contributed by atoms with van der Waals surface area (Å²) in [6, 6.07) is 12.0. The maximum absolute atomic E-state index is 4.83. The molecule has 0 aliphatic carbocycles. The van der Waals surface area contributed by atoms with Gasteiger partial charge in [0, 0.05) is 19.1 Å². The fraction of sp³-hybridized carbons (Fsp3) is 0.588. The van der Waals surface area contributed by atoms with Crippen molar-refractivity contribution >= 4 is 5.96 Å². The number of hydrogen-bond acceptors (Lipinski definition) is 3. The number of benzene rings is 1. The van der Waals surface area contributed by atoms with Crippen LogP contribution < -0.4 is 0 Å². The molecule has 2 aliphatic heterocycles. The van der Waals surface area contributed by atoms with E-state index in [9.17, 15) is 0 Å². The minimum Gasteiger partial charge on any atom is -0.338 e. The second-order valence-electron chi connectivity index (χ2n) is 5.87. The van der Waals surface area contributed by atoms with E-state index in [1.54, 1.807) is 0 Å². The third-order valence-corrected chi connectivity index (χ3v) is 4.52. The predicted molar refractivity (Wildman–Crippen MR) is 84.0 cm³/mol. The van der Waals surface area contributed by atoms with E-state index in [1.165, 1.54) is 24.4 Å². The second-order valence-corrected chi connectivity index (χ2v) is 5.87. The van der Waals surface area contributed by atoms with Crippen LogP contribution in [0.5, 0.6) is 0 Å². The molecule has 0 amide bonds. The van der Waals surface area contributed by atoms with Crippen molar-refractivity contribution in [1.82, 2.24) is 9.80 Å². The molecule has 0 N–H and O–H groups in total. The van der Waals surface area contributed by atoms with Crippen LogP contribution in [0.15, 0.2) is 35.3 Å². The minimum atomic E-state index is 0.559. The van der Waals surface area contributed by atoms with Gasteiger partial charge in [0.05, 0.1) is 12.6 Å². The number of hydrogen-bond donors (Lipinski definition) is 0. The Hall–Kier alpha value is -1.51. The lowest BCUT2D eigenvalue weighted by Crippen LogP contribution is -2.37. The normalized spacial score (nSPS) is 25.0. The second kappa shape index (κ2) is 5.86. The highest BCUT2D eigenvalue weighted by molar-refractivity contribution is 5.84. The molecule has 1 aromatic carbocycles. The summed E-state index contributed by atoms with van der Waals surface area (Å²) in [5.74, 6) is 1.26. The molecule has 108 valence electrons. The van der Waals surface area contributed by atoms with Crippen LogP contribution >= 0.6 is 0 Å². The molecule has 3 nitrogen and oxygen atoms in total. The van der Waals surface area contributed by atoms with E-state index in [2.05, 4.69) is 54.0 Å². The third kappa shape index (κ3) is 2.41. The molecule has 0 aromatic heterocycles. The highest BCUT2D eigenvalue weighted by Gasteiger charge is 2.40. The van der Waals surface area contributed by atoms with E-state index in [4.69, 9.17) is 4.99 Å². The van der Waals surface area contributed by atoms with Gasteiger partial charge >= 0.3 is 0 Å². The van der Waals surface area contributed by atoms with E-state index < -0.39 is 0 Å². The Labute approximate surface area is 122 Å². The topological polar surface area (TPSA) is 18.8 Å². The molecule has 3 rings (SSSR count). The van der Waals surface area contributed by atoms with E-state index in [0.29, 0.717) is 12.1 Å². The first kappa shape index (κ1) is 13.5. The molecule has 0 saturated carbocycles. The Morgan fingerprint density at radius 1 is 1.15 bits per heavy atom. The Morgan fingerprint density at radius 2 is 1.95 bits per heavy atom. The zero-order chi connectivity index (χ0) is 13.9. The smallest absolute Gasteiger partial charge is 0.197 e. The SMILES string of the molecule is CCCC1CN2C(=NCC2Cc2ccccc2)N1CC. The standard InChI is InChI=1S/C17H25N3/c1-3-8-15-13-20-16(11-14-9-6-5-7-10-14)12-18-17(20)19(15)4-2/h5-7,9-10,15-16H,3-4,8,11-13H2,1-2H3. The van der Waals surface area contributed by atoms with Crippen LogP contribution in [0.2, 0.25) is 0 Å². The van der Waals surface area contributed by atoms with E-state index >= 15 is 0 Å². The largest absolute Gasteiger partial charge is 0.338 e. The van der Waals surface area contributed by atoms with Gasteiger partial charge in [-0.05, 0) is 25.3 Å². The molecule has 2 atom stereocenters. The van der Waals surface area contributed by atoms with Gasteiger partial charge in [0.2, 0.25) is 0 Å². The van der Waals surface area contributed by atoms with Crippen LogP contribution in [0.4, 0.5) is 0 Å². The van der Waals surface area contributed by atoms with Crippen molar-refractivity contribution in [3.63, 3.8) is 0 Å². The highest BCUT2D eigenvalue weighted by Crippen LogP contribution is 2.27. The van der Waals surface area contributed by atoms with Crippen LogP contribution in [0, 0.1) is 0 Å². The minimum absolute atomic E-state index is 0.559. The Kier molecular flexibility index (Phi) is 3.95. The van der Waals surface area contributed by atoms with Gasteiger partial charge in [0.25, 0.3) is 0 Å². The first-order valence-corrected chi connectivity index (χ1v) is 7.95. The van der Waals surface area contributed by atoms with Crippen molar-refractivity contribution in [1.29, 1.82) is 0 Å². The molecular formula is C17H25N3.